The summed E-state index contributed by atoms with van der Waals surface area (Å²) in [7, 11) is 0. The molecule has 0 spiro atoms. The van der Waals surface area contributed by atoms with Crippen LogP contribution in [0.4, 0.5) is 4.79 Å². The van der Waals surface area contributed by atoms with Gasteiger partial charge in [0.1, 0.15) is 12.1 Å². The van der Waals surface area contributed by atoms with E-state index in [2.05, 4.69) is 22.8 Å². The van der Waals surface area contributed by atoms with Gasteiger partial charge in [-0.1, -0.05) is 60.7 Å². The molecule has 4 rings (SSSR count). The Labute approximate surface area is 186 Å². The van der Waals surface area contributed by atoms with Gasteiger partial charge in [-0.15, -0.1) is 0 Å². The lowest BCUT2D eigenvalue weighted by atomic mass is 9.98. The van der Waals surface area contributed by atoms with Crippen molar-refractivity contribution in [2.75, 3.05) is 6.61 Å². The normalized spacial score (nSPS) is 19.2. The van der Waals surface area contributed by atoms with Gasteiger partial charge in [0.05, 0.1) is 5.92 Å². The fourth-order valence-corrected chi connectivity index (χ4v) is 4.28. The van der Waals surface area contributed by atoms with Gasteiger partial charge in [0.15, 0.2) is 0 Å². The Kier molecular flexibility index (Phi) is 5.74. The summed E-state index contributed by atoms with van der Waals surface area (Å²) in [5.41, 5.74) is 3.28. The molecule has 2 aromatic rings. The summed E-state index contributed by atoms with van der Waals surface area (Å²) in [5.74, 6) is -2.01. The van der Waals surface area contributed by atoms with Crippen LogP contribution in [-0.2, 0) is 14.3 Å². The molecule has 2 atom stereocenters. The quantitative estimate of drug-likeness (QED) is 0.604. The van der Waals surface area contributed by atoms with Crippen LogP contribution in [0.25, 0.3) is 11.1 Å². The van der Waals surface area contributed by atoms with Gasteiger partial charge in [0.25, 0.3) is 0 Å². The Morgan fingerprint density at radius 2 is 1.59 bits per heavy atom. The fraction of sp³-hybridized carbons (Fsp3) is 0.320. The number of carbonyl (C=O) groups is 3. The molecule has 3 N–H and O–H groups in total. The number of carbonyl (C=O) groups excluding carboxylic acids is 2. The maximum Gasteiger partial charge on any atom is 0.408 e. The lowest BCUT2D eigenvalue weighted by Gasteiger charge is -2.27. The van der Waals surface area contributed by atoms with E-state index in [1.165, 1.54) is 0 Å². The van der Waals surface area contributed by atoms with Crippen LogP contribution >= 0.6 is 0 Å². The molecular formula is C25H26N2O5. The zero-order chi connectivity index (χ0) is 22.9. The molecule has 2 aliphatic carbocycles. The van der Waals surface area contributed by atoms with Crippen LogP contribution in [-0.4, -0.2) is 41.3 Å². The van der Waals surface area contributed by atoms with Crippen molar-refractivity contribution in [3.05, 3.63) is 71.8 Å². The zero-order valence-corrected chi connectivity index (χ0v) is 18.0. The molecule has 7 nitrogen and oxygen atoms in total. The summed E-state index contributed by atoms with van der Waals surface area (Å²) in [4.78, 5) is 36.2. The summed E-state index contributed by atoms with van der Waals surface area (Å²) >= 11 is 0. The average molecular weight is 434 g/mol. The number of hydrogen-bond acceptors (Lipinski definition) is 4. The molecule has 0 heterocycles. The fourth-order valence-electron chi connectivity index (χ4n) is 4.28. The number of carboxylic acid groups (broad SMARTS) is 1. The van der Waals surface area contributed by atoms with E-state index in [1.807, 2.05) is 36.4 Å². The molecule has 0 fully saturated rings. The minimum absolute atomic E-state index is 0.0679. The van der Waals surface area contributed by atoms with E-state index in [-0.39, 0.29) is 18.6 Å². The second-order valence-electron chi connectivity index (χ2n) is 8.72. The summed E-state index contributed by atoms with van der Waals surface area (Å²) in [6.45, 7) is 3.32. The predicted molar refractivity (Wildman–Crippen MR) is 119 cm³/mol. The number of nitrogens with one attached hydrogen (secondary N) is 2. The molecule has 32 heavy (non-hydrogen) atoms. The largest absolute Gasteiger partial charge is 0.481 e. The third-order valence-corrected chi connectivity index (χ3v) is 6.04. The number of amides is 2. The van der Waals surface area contributed by atoms with Crippen molar-refractivity contribution in [1.82, 2.24) is 10.6 Å². The van der Waals surface area contributed by atoms with Crippen LogP contribution in [0.15, 0.2) is 60.7 Å². The van der Waals surface area contributed by atoms with E-state index >= 15 is 0 Å². The molecule has 0 aromatic heterocycles. The SMILES string of the molecule is CC(C)(NC(=O)OCC1c2ccccc2-c2ccccc21)C(=O)NC1C=CC(C(=O)O)C1. The van der Waals surface area contributed by atoms with E-state index < -0.39 is 29.4 Å². The Bertz CT molecular complexity index is 1050. The minimum atomic E-state index is -1.22. The lowest BCUT2D eigenvalue weighted by molar-refractivity contribution is -0.140. The Morgan fingerprint density at radius 1 is 1.00 bits per heavy atom. The van der Waals surface area contributed by atoms with Crippen molar-refractivity contribution >= 4 is 18.0 Å². The van der Waals surface area contributed by atoms with Crippen LogP contribution in [0.2, 0.25) is 0 Å². The highest BCUT2D eigenvalue weighted by atomic mass is 16.5. The van der Waals surface area contributed by atoms with E-state index in [4.69, 9.17) is 9.84 Å². The Morgan fingerprint density at radius 3 is 2.16 bits per heavy atom. The number of hydrogen-bond donors (Lipinski definition) is 3. The molecule has 2 aliphatic rings. The lowest BCUT2D eigenvalue weighted by Crippen LogP contribution is -2.56. The van der Waals surface area contributed by atoms with Crippen LogP contribution in [0.3, 0.4) is 0 Å². The van der Waals surface area contributed by atoms with Crippen LogP contribution < -0.4 is 10.6 Å². The average Bonchev–Trinajstić information content (AvgIpc) is 3.35. The van der Waals surface area contributed by atoms with Gasteiger partial charge in [-0.05, 0) is 42.5 Å². The van der Waals surface area contributed by atoms with E-state index in [0.29, 0.717) is 6.42 Å². The molecule has 0 radical (unpaired) electrons. The summed E-state index contributed by atoms with van der Waals surface area (Å²) in [5, 5.41) is 14.5. The van der Waals surface area contributed by atoms with Gasteiger partial charge in [-0.3, -0.25) is 9.59 Å². The minimum Gasteiger partial charge on any atom is -0.481 e. The number of rotatable bonds is 6. The highest BCUT2D eigenvalue weighted by Crippen LogP contribution is 2.44. The highest BCUT2D eigenvalue weighted by molar-refractivity contribution is 5.89. The number of carboxylic acids is 1. The van der Waals surface area contributed by atoms with Crippen molar-refractivity contribution in [3.8, 4) is 11.1 Å². The Balaban J connectivity index is 1.35. The van der Waals surface area contributed by atoms with Crippen LogP contribution in [0, 0.1) is 5.92 Å². The number of benzene rings is 2. The smallest absolute Gasteiger partial charge is 0.408 e. The van der Waals surface area contributed by atoms with Crippen molar-refractivity contribution in [2.24, 2.45) is 5.92 Å². The van der Waals surface area contributed by atoms with E-state index in [1.54, 1.807) is 26.0 Å². The highest BCUT2D eigenvalue weighted by Gasteiger charge is 2.34. The third kappa shape index (κ3) is 4.23. The topological polar surface area (TPSA) is 105 Å². The molecule has 0 aliphatic heterocycles. The first-order valence-electron chi connectivity index (χ1n) is 10.6. The summed E-state index contributed by atoms with van der Waals surface area (Å²) in [6, 6.07) is 15.7. The number of ether oxygens (including phenoxy) is 1. The molecule has 2 amide bonds. The molecular weight excluding hydrogens is 408 g/mol. The third-order valence-electron chi connectivity index (χ3n) is 6.04. The molecule has 0 bridgehead atoms. The van der Waals surface area contributed by atoms with Gasteiger partial charge < -0.3 is 20.5 Å². The number of fused-ring (bicyclic) bond motifs is 3. The summed E-state index contributed by atoms with van der Waals surface area (Å²) in [6.07, 6.45) is 2.85. The monoisotopic (exact) mass is 434 g/mol. The number of aliphatic carboxylic acids is 1. The van der Waals surface area contributed by atoms with Crippen molar-refractivity contribution in [2.45, 2.75) is 37.8 Å². The van der Waals surface area contributed by atoms with Crippen LogP contribution in [0.5, 0.6) is 0 Å². The summed E-state index contributed by atoms with van der Waals surface area (Å²) < 4.78 is 5.52. The van der Waals surface area contributed by atoms with Crippen molar-refractivity contribution < 1.29 is 24.2 Å². The molecule has 0 saturated heterocycles. The molecule has 166 valence electrons. The molecule has 2 unspecified atom stereocenters. The van der Waals surface area contributed by atoms with Gasteiger partial charge in [-0.2, -0.15) is 0 Å². The molecule has 0 saturated carbocycles. The first kappa shape index (κ1) is 21.6. The first-order valence-corrected chi connectivity index (χ1v) is 10.6. The van der Waals surface area contributed by atoms with E-state index in [9.17, 15) is 14.4 Å². The maximum absolute atomic E-state index is 12.7. The standard InChI is InChI=1S/C25H26N2O5/c1-25(2,23(30)26-16-12-11-15(13-16)22(28)29)27-24(31)32-14-21-19-9-5-3-7-17(19)18-8-4-6-10-20(18)21/h3-12,15-16,21H,13-14H2,1-2H3,(H,26,30)(H,27,31)(H,28,29). The van der Waals surface area contributed by atoms with Gasteiger partial charge in [0.2, 0.25) is 5.91 Å². The zero-order valence-electron chi connectivity index (χ0n) is 18.0. The van der Waals surface area contributed by atoms with Gasteiger partial charge in [0, 0.05) is 12.0 Å². The molecule has 7 heteroatoms. The van der Waals surface area contributed by atoms with Crippen molar-refractivity contribution in [1.29, 1.82) is 0 Å². The number of alkyl carbamates (subject to hydrolysis) is 1. The molecule has 2 aromatic carbocycles. The van der Waals surface area contributed by atoms with Gasteiger partial charge >= 0.3 is 12.1 Å². The predicted octanol–water partition coefficient (Wildman–Crippen LogP) is 3.45. The van der Waals surface area contributed by atoms with E-state index in [0.717, 1.165) is 22.3 Å². The second kappa shape index (κ2) is 8.49. The maximum atomic E-state index is 12.7. The Hall–Kier alpha value is -3.61. The first-order chi connectivity index (χ1) is 15.3. The van der Waals surface area contributed by atoms with Crippen molar-refractivity contribution in [3.63, 3.8) is 0 Å². The van der Waals surface area contributed by atoms with Crippen LogP contribution in [0.1, 0.15) is 37.3 Å². The van der Waals surface area contributed by atoms with Gasteiger partial charge in [-0.25, -0.2) is 4.79 Å². The second-order valence-corrected chi connectivity index (χ2v) is 8.72.